The van der Waals surface area contributed by atoms with Gasteiger partial charge in [0, 0.05) is 6.07 Å². The highest BCUT2D eigenvalue weighted by Crippen LogP contribution is 2.33. The minimum absolute atomic E-state index is 0.0959. The average Bonchev–Trinajstić information content (AvgIpc) is 2.81. The zero-order valence-corrected chi connectivity index (χ0v) is 19.4. The maximum Gasteiger partial charge on any atom is 0.264 e. The van der Waals surface area contributed by atoms with Gasteiger partial charge in [0.25, 0.3) is 10.0 Å². The molecule has 180 valence electrons. The number of sulfonamides is 1. The van der Waals surface area contributed by atoms with Gasteiger partial charge >= 0.3 is 0 Å². The Morgan fingerprint density at radius 2 is 1.59 bits per heavy atom. The molecule has 0 atom stereocenters. The number of carbonyl (C=O) groups is 1. The van der Waals surface area contributed by atoms with Gasteiger partial charge in [-0.2, -0.15) is 0 Å². The maximum absolute atomic E-state index is 14.0. The van der Waals surface area contributed by atoms with Crippen LogP contribution >= 0.6 is 11.6 Å². The summed E-state index contributed by atoms with van der Waals surface area (Å²) in [5, 5.41) is 1.62. The topological polar surface area (TPSA) is 84.9 Å². The first-order valence-electron chi connectivity index (χ1n) is 9.52. The smallest absolute Gasteiger partial charge is 0.264 e. The first-order chi connectivity index (χ1) is 16.1. The van der Waals surface area contributed by atoms with Crippen molar-refractivity contribution in [3.8, 4) is 11.5 Å². The number of hydrogen-bond acceptors (Lipinski definition) is 5. The summed E-state index contributed by atoms with van der Waals surface area (Å²) in [6.45, 7) is -0.910. The molecule has 0 spiro atoms. The molecule has 0 heterocycles. The molecule has 1 amide bonds. The summed E-state index contributed by atoms with van der Waals surface area (Å²) in [5.41, 5.74) is -0.904. The van der Waals surface area contributed by atoms with Crippen LogP contribution in [0.5, 0.6) is 11.5 Å². The number of ether oxygens (including phenoxy) is 2. The van der Waals surface area contributed by atoms with Crippen molar-refractivity contribution < 1.29 is 35.9 Å². The fourth-order valence-electron chi connectivity index (χ4n) is 2.99. The Bertz CT molecular complexity index is 1320. The van der Waals surface area contributed by atoms with Crippen LogP contribution in [-0.4, -0.2) is 35.1 Å². The SMILES string of the molecule is COc1ccc(S(=O)(=O)N(CC(=O)Nc2c(F)cccc2F)c2ccc(F)c(Cl)c2)cc1OC. The summed E-state index contributed by atoms with van der Waals surface area (Å²) in [6, 6.07) is 9.70. The molecule has 0 saturated heterocycles. The Kier molecular flexibility index (Phi) is 7.57. The largest absolute Gasteiger partial charge is 0.493 e. The molecule has 0 saturated carbocycles. The number of halogens is 4. The molecule has 0 aliphatic rings. The van der Waals surface area contributed by atoms with Crippen LogP contribution in [0.1, 0.15) is 0 Å². The molecule has 1 N–H and O–H groups in total. The van der Waals surface area contributed by atoms with Crippen molar-refractivity contribution in [2.75, 3.05) is 30.4 Å². The van der Waals surface area contributed by atoms with Gasteiger partial charge < -0.3 is 14.8 Å². The van der Waals surface area contributed by atoms with Crippen molar-refractivity contribution in [2.45, 2.75) is 4.90 Å². The van der Waals surface area contributed by atoms with Gasteiger partial charge in [-0.1, -0.05) is 17.7 Å². The lowest BCUT2D eigenvalue weighted by molar-refractivity contribution is -0.114. The second kappa shape index (κ2) is 10.2. The number of anilines is 2. The highest BCUT2D eigenvalue weighted by atomic mass is 35.5. The second-order valence-electron chi connectivity index (χ2n) is 6.77. The minimum atomic E-state index is -4.48. The molecule has 0 aliphatic heterocycles. The van der Waals surface area contributed by atoms with Gasteiger partial charge in [0.15, 0.2) is 11.5 Å². The van der Waals surface area contributed by atoms with E-state index < -0.39 is 50.6 Å². The lowest BCUT2D eigenvalue weighted by atomic mass is 10.3. The van der Waals surface area contributed by atoms with E-state index >= 15 is 0 Å². The summed E-state index contributed by atoms with van der Waals surface area (Å²) in [4.78, 5) is 12.4. The normalized spacial score (nSPS) is 11.1. The zero-order chi connectivity index (χ0) is 25.0. The minimum Gasteiger partial charge on any atom is -0.493 e. The van der Waals surface area contributed by atoms with Crippen molar-refractivity contribution in [1.82, 2.24) is 0 Å². The van der Waals surface area contributed by atoms with E-state index in [0.29, 0.717) is 4.31 Å². The summed E-state index contributed by atoms with van der Waals surface area (Å²) in [5.74, 6) is -3.62. The molecule has 7 nitrogen and oxygen atoms in total. The van der Waals surface area contributed by atoms with Crippen molar-refractivity contribution in [3.05, 3.63) is 77.1 Å². The van der Waals surface area contributed by atoms with Gasteiger partial charge in [-0.15, -0.1) is 0 Å². The fraction of sp³-hybridized carbons (Fsp3) is 0.136. The standard InChI is InChI=1S/C22H18ClF3N2O5S/c1-32-19-9-7-14(11-20(19)33-2)34(30,31)28(13-6-8-16(24)15(23)10-13)12-21(29)27-22-17(25)4-3-5-18(22)26/h3-11H,12H2,1-2H3,(H,27,29). The highest BCUT2D eigenvalue weighted by molar-refractivity contribution is 7.92. The molecule has 0 unspecified atom stereocenters. The summed E-state index contributed by atoms with van der Waals surface area (Å²) in [7, 11) is -1.81. The highest BCUT2D eigenvalue weighted by Gasteiger charge is 2.29. The predicted molar refractivity (Wildman–Crippen MR) is 120 cm³/mol. The molecule has 3 aromatic carbocycles. The maximum atomic E-state index is 14.0. The molecule has 0 radical (unpaired) electrons. The molecular formula is C22H18ClF3N2O5S. The van der Waals surface area contributed by atoms with E-state index in [2.05, 4.69) is 0 Å². The Balaban J connectivity index is 2.05. The van der Waals surface area contributed by atoms with E-state index in [4.69, 9.17) is 21.1 Å². The first-order valence-corrected chi connectivity index (χ1v) is 11.3. The van der Waals surface area contributed by atoms with Gasteiger partial charge in [-0.25, -0.2) is 21.6 Å². The number of benzene rings is 3. The molecule has 3 aromatic rings. The molecule has 0 fully saturated rings. The molecular weight excluding hydrogens is 497 g/mol. The lowest BCUT2D eigenvalue weighted by Gasteiger charge is -2.25. The van der Waals surface area contributed by atoms with Crippen molar-refractivity contribution in [3.63, 3.8) is 0 Å². The van der Waals surface area contributed by atoms with Gasteiger partial charge in [0.05, 0.1) is 29.8 Å². The number of nitrogens with zero attached hydrogens (tertiary/aromatic N) is 1. The Morgan fingerprint density at radius 1 is 0.941 bits per heavy atom. The van der Waals surface area contributed by atoms with E-state index in [0.717, 1.165) is 36.4 Å². The number of amides is 1. The van der Waals surface area contributed by atoms with Crippen LogP contribution in [0, 0.1) is 17.5 Å². The third-order valence-corrected chi connectivity index (χ3v) is 6.71. The van der Waals surface area contributed by atoms with Crippen LogP contribution in [0.25, 0.3) is 0 Å². The van der Waals surface area contributed by atoms with Gasteiger partial charge in [-0.05, 0) is 42.5 Å². The van der Waals surface area contributed by atoms with Crippen LogP contribution in [-0.2, 0) is 14.8 Å². The summed E-state index contributed by atoms with van der Waals surface area (Å²) >= 11 is 5.82. The number of methoxy groups -OCH3 is 2. The number of rotatable bonds is 8. The summed E-state index contributed by atoms with van der Waals surface area (Å²) in [6.07, 6.45) is 0. The van der Waals surface area contributed by atoms with Crippen molar-refractivity contribution >= 4 is 38.9 Å². The quantitative estimate of drug-likeness (QED) is 0.474. The van der Waals surface area contributed by atoms with Gasteiger partial charge in [0.1, 0.15) is 29.7 Å². The molecule has 0 bridgehead atoms. The Morgan fingerprint density at radius 3 is 2.18 bits per heavy atom. The van der Waals surface area contributed by atoms with E-state index in [1.807, 2.05) is 5.32 Å². The first kappa shape index (κ1) is 25.2. The van der Waals surface area contributed by atoms with E-state index in [1.165, 1.54) is 32.4 Å². The third kappa shape index (κ3) is 5.20. The number of para-hydroxylation sites is 1. The van der Waals surface area contributed by atoms with Crippen LogP contribution in [0.2, 0.25) is 5.02 Å². The Labute approximate surface area is 198 Å². The molecule has 0 aromatic heterocycles. The predicted octanol–water partition coefficient (Wildman–Crippen LogP) is 4.61. The number of carbonyl (C=O) groups excluding carboxylic acids is 1. The van der Waals surface area contributed by atoms with Crippen LogP contribution in [0.4, 0.5) is 24.5 Å². The van der Waals surface area contributed by atoms with Crippen LogP contribution in [0.3, 0.4) is 0 Å². The van der Waals surface area contributed by atoms with Crippen molar-refractivity contribution in [2.24, 2.45) is 0 Å². The van der Waals surface area contributed by atoms with Crippen LogP contribution in [0.15, 0.2) is 59.5 Å². The third-order valence-electron chi connectivity index (χ3n) is 4.65. The fourth-order valence-corrected chi connectivity index (χ4v) is 4.59. The monoisotopic (exact) mass is 514 g/mol. The van der Waals surface area contributed by atoms with Gasteiger partial charge in [-0.3, -0.25) is 9.10 Å². The molecule has 0 aliphatic carbocycles. The zero-order valence-electron chi connectivity index (χ0n) is 17.8. The Hall–Kier alpha value is -3.44. The van der Waals surface area contributed by atoms with E-state index in [-0.39, 0.29) is 22.1 Å². The second-order valence-corrected chi connectivity index (χ2v) is 9.04. The number of nitrogens with one attached hydrogen (secondary N) is 1. The van der Waals surface area contributed by atoms with Crippen molar-refractivity contribution in [1.29, 1.82) is 0 Å². The average molecular weight is 515 g/mol. The summed E-state index contributed by atoms with van der Waals surface area (Å²) < 4.78 is 79.4. The molecule has 34 heavy (non-hydrogen) atoms. The van der Waals surface area contributed by atoms with E-state index in [9.17, 15) is 26.4 Å². The van der Waals surface area contributed by atoms with Crippen LogP contribution < -0.4 is 19.1 Å². The molecule has 3 rings (SSSR count). The number of hydrogen-bond donors (Lipinski definition) is 1. The van der Waals surface area contributed by atoms with E-state index in [1.54, 1.807) is 0 Å². The van der Waals surface area contributed by atoms with Gasteiger partial charge in [0.2, 0.25) is 5.91 Å². The molecule has 12 heteroatoms. The lowest BCUT2D eigenvalue weighted by Crippen LogP contribution is -2.38.